The number of methoxy groups -OCH3 is 1. The first-order valence-electron chi connectivity index (χ1n) is 10.2. The van der Waals surface area contributed by atoms with Crippen LogP contribution in [0.5, 0.6) is 11.5 Å². The topological polar surface area (TPSA) is 54.6 Å². The van der Waals surface area contributed by atoms with Gasteiger partial charge in [-0.1, -0.05) is 35.9 Å². The molecule has 5 rings (SSSR count). The summed E-state index contributed by atoms with van der Waals surface area (Å²) in [4.78, 5) is 18.3. The average Bonchev–Trinajstić information content (AvgIpc) is 3.18. The van der Waals surface area contributed by atoms with Gasteiger partial charge in [0.15, 0.2) is 11.6 Å². The zero-order chi connectivity index (χ0) is 22.2. The Balaban J connectivity index is 1.59. The highest BCUT2D eigenvalue weighted by Gasteiger charge is 2.36. The van der Waals surface area contributed by atoms with Crippen LogP contribution in [0.3, 0.4) is 0 Å². The van der Waals surface area contributed by atoms with Crippen molar-refractivity contribution in [3.05, 3.63) is 94.4 Å². The first-order chi connectivity index (χ1) is 15.5. The van der Waals surface area contributed by atoms with Gasteiger partial charge in [-0.05, 0) is 60.0 Å². The summed E-state index contributed by atoms with van der Waals surface area (Å²) in [6.07, 6.45) is 0.00702. The van der Waals surface area contributed by atoms with Gasteiger partial charge in [0.1, 0.15) is 11.8 Å². The number of fused-ring (bicyclic) bond motifs is 3. The van der Waals surface area contributed by atoms with Crippen LogP contribution in [0.2, 0.25) is 5.02 Å². The van der Waals surface area contributed by atoms with Crippen molar-refractivity contribution in [3.63, 3.8) is 0 Å². The highest BCUT2D eigenvalue weighted by Crippen LogP contribution is 2.40. The predicted octanol–water partition coefficient (Wildman–Crippen LogP) is 6.12. The molecule has 7 heteroatoms. The van der Waals surface area contributed by atoms with E-state index in [1.165, 1.54) is 12.1 Å². The van der Waals surface area contributed by atoms with Crippen molar-refractivity contribution in [1.82, 2.24) is 9.88 Å². The molecule has 0 saturated heterocycles. The Morgan fingerprint density at radius 1 is 1.12 bits per heavy atom. The average molecular weight is 451 g/mol. The Kier molecular flexibility index (Phi) is 5.23. The molecule has 1 aromatic heterocycles. The van der Waals surface area contributed by atoms with Crippen LogP contribution >= 0.6 is 11.6 Å². The van der Waals surface area contributed by atoms with Crippen LogP contribution < -0.4 is 9.47 Å². The third kappa shape index (κ3) is 3.56. The van der Waals surface area contributed by atoms with Crippen LogP contribution in [-0.4, -0.2) is 29.6 Å². The molecular weight excluding hydrogens is 431 g/mol. The van der Waals surface area contributed by atoms with Crippen LogP contribution in [0.15, 0.2) is 66.7 Å². The third-order valence-electron chi connectivity index (χ3n) is 5.79. The van der Waals surface area contributed by atoms with E-state index in [1.54, 1.807) is 24.1 Å². The lowest BCUT2D eigenvalue weighted by atomic mass is 9.92. The summed E-state index contributed by atoms with van der Waals surface area (Å²) in [5, 5.41) is 1.69. The number of aromatic nitrogens is 1. The number of halogens is 2. The molecule has 32 heavy (non-hydrogen) atoms. The monoisotopic (exact) mass is 450 g/mol. The fourth-order valence-corrected chi connectivity index (χ4v) is 4.44. The van der Waals surface area contributed by atoms with Crippen LogP contribution in [0.25, 0.3) is 10.9 Å². The Hall–Kier alpha value is -3.51. The number of nitrogens with zero attached hydrogens (tertiary/aromatic N) is 1. The number of amides is 1. The molecule has 0 bridgehead atoms. The summed E-state index contributed by atoms with van der Waals surface area (Å²) in [7, 11) is 1.60. The Morgan fingerprint density at radius 2 is 1.91 bits per heavy atom. The van der Waals surface area contributed by atoms with Crippen molar-refractivity contribution in [2.75, 3.05) is 13.7 Å². The zero-order valence-electron chi connectivity index (χ0n) is 17.3. The molecule has 1 aliphatic heterocycles. The standard InChI is InChI=1S/C25H20ClFN2O3/c1-31-17-9-6-15(7-10-17)24-23-18(19-14-16(26)8-11-21(19)28-23)12-13-29(24)25(30)32-22-5-3-2-4-20(22)27/h2-11,14,24,28H,12-13H2,1H3. The maximum Gasteiger partial charge on any atom is 0.416 e. The molecule has 0 saturated carbocycles. The molecule has 1 atom stereocenters. The van der Waals surface area contributed by atoms with Crippen molar-refractivity contribution >= 4 is 28.6 Å². The lowest BCUT2D eigenvalue weighted by Gasteiger charge is -2.35. The summed E-state index contributed by atoms with van der Waals surface area (Å²) in [5.41, 5.74) is 3.83. The van der Waals surface area contributed by atoms with E-state index in [2.05, 4.69) is 4.98 Å². The quantitative estimate of drug-likeness (QED) is 0.409. The first-order valence-corrected chi connectivity index (χ1v) is 10.6. The van der Waals surface area contributed by atoms with Gasteiger partial charge < -0.3 is 14.5 Å². The van der Waals surface area contributed by atoms with Gasteiger partial charge in [0.05, 0.1) is 7.11 Å². The van der Waals surface area contributed by atoms with E-state index < -0.39 is 18.0 Å². The SMILES string of the molecule is COc1ccc(C2c3[nH]c4ccc(Cl)cc4c3CCN2C(=O)Oc2ccccc2F)cc1. The molecule has 4 aromatic rings. The smallest absolute Gasteiger partial charge is 0.416 e. The Bertz CT molecular complexity index is 1300. The van der Waals surface area contributed by atoms with Gasteiger partial charge in [-0.15, -0.1) is 0 Å². The molecule has 1 amide bonds. The van der Waals surface area contributed by atoms with Crippen molar-refractivity contribution < 1.29 is 18.7 Å². The highest BCUT2D eigenvalue weighted by atomic mass is 35.5. The van der Waals surface area contributed by atoms with Gasteiger partial charge in [-0.25, -0.2) is 9.18 Å². The summed E-state index contributed by atoms with van der Waals surface area (Å²) < 4.78 is 24.8. The summed E-state index contributed by atoms with van der Waals surface area (Å²) in [5.74, 6) is 0.0358. The van der Waals surface area contributed by atoms with Crippen molar-refractivity contribution in [2.24, 2.45) is 0 Å². The number of benzene rings is 3. The number of ether oxygens (including phenoxy) is 2. The lowest BCUT2D eigenvalue weighted by Crippen LogP contribution is -2.42. The number of nitrogens with one attached hydrogen (secondary N) is 1. The number of para-hydroxylation sites is 1. The molecule has 162 valence electrons. The summed E-state index contributed by atoms with van der Waals surface area (Å²) in [6.45, 7) is 0.413. The number of aromatic amines is 1. The molecule has 3 aromatic carbocycles. The van der Waals surface area contributed by atoms with E-state index in [0.717, 1.165) is 27.7 Å². The van der Waals surface area contributed by atoms with E-state index in [-0.39, 0.29) is 5.75 Å². The van der Waals surface area contributed by atoms with E-state index in [0.29, 0.717) is 23.7 Å². The predicted molar refractivity (Wildman–Crippen MR) is 121 cm³/mol. The third-order valence-corrected chi connectivity index (χ3v) is 6.02. The highest BCUT2D eigenvalue weighted by molar-refractivity contribution is 6.31. The van der Waals surface area contributed by atoms with Gasteiger partial charge in [-0.2, -0.15) is 0 Å². The van der Waals surface area contributed by atoms with E-state index in [4.69, 9.17) is 21.1 Å². The number of rotatable bonds is 3. The second-order valence-corrected chi connectivity index (χ2v) is 8.06. The number of hydrogen-bond donors (Lipinski definition) is 1. The fraction of sp³-hybridized carbons (Fsp3) is 0.160. The molecule has 0 spiro atoms. The number of carbonyl (C=O) groups is 1. The maximum atomic E-state index is 14.1. The number of carbonyl (C=O) groups excluding carboxylic acids is 1. The number of H-pyrrole nitrogens is 1. The summed E-state index contributed by atoms with van der Waals surface area (Å²) >= 11 is 6.24. The molecule has 1 unspecified atom stereocenters. The Morgan fingerprint density at radius 3 is 2.66 bits per heavy atom. The van der Waals surface area contributed by atoms with E-state index >= 15 is 0 Å². The number of hydrogen-bond acceptors (Lipinski definition) is 3. The van der Waals surface area contributed by atoms with E-state index in [1.807, 2.05) is 42.5 Å². The van der Waals surface area contributed by atoms with Gasteiger partial charge in [0.25, 0.3) is 0 Å². The second-order valence-electron chi connectivity index (χ2n) is 7.62. The fourth-order valence-electron chi connectivity index (χ4n) is 4.27. The van der Waals surface area contributed by atoms with Crippen LogP contribution in [0.1, 0.15) is 22.9 Å². The molecule has 5 nitrogen and oxygen atoms in total. The minimum absolute atomic E-state index is 0.0970. The van der Waals surface area contributed by atoms with Crippen LogP contribution in [0, 0.1) is 5.82 Å². The zero-order valence-corrected chi connectivity index (χ0v) is 18.0. The van der Waals surface area contributed by atoms with Gasteiger partial charge >= 0.3 is 6.09 Å². The molecule has 0 fully saturated rings. The summed E-state index contributed by atoms with van der Waals surface area (Å²) in [6, 6.07) is 18.7. The molecule has 2 heterocycles. The lowest BCUT2D eigenvalue weighted by molar-refractivity contribution is 0.133. The molecule has 1 aliphatic rings. The molecule has 0 radical (unpaired) electrons. The maximum absolute atomic E-state index is 14.1. The minimum Gasteiger partial charge on any atom is -0.497 e. The van der Waals surface area contributed by atoms with Gasteiger partial charge in [0, 0.05) is 28.2 Å². The van der Waals surface area contributed by atoms with Crippen LogP contribution in [0.4, 0.5) is 9.18 Å². The van der Waals surface area contributed by atoms with Crippen molar-refractivity contribution in [2.45, 2.75) is 12.5 Å². The van der Waals surface area contributed by atoms with Gasteiger partial charge in [0.2, 0.25) is 0 Å². The second kappa shape index (κ2) is 8.20. The van der Waals surface area contributed by atoms with Crippen LogP contribution in [-0.2, 0) is 6.42 Å². The molecule has 1 N–H and O–H groups in total. The molecule has 0 aliphatic carbocycles. The first kappa shape index (κ1) is 20.4. The Labute approximate surface area is 189 Å². The van der Waals surface area contributed by atoms with Crippen molar-refractivity contribution in [3.8, 4) is 11.5 Å². The molecular formula is C25H20ClFN2O3. The van der Waals surface area contributed by atoms with Gasteiger partial charge in [-0.3, -0.25) is 4.90 Å². The van der Waals surface area contributed by atoms with Crippen molar-refractivity contribution in [1.29, 1.82) is 0 Å². The van der Waals surface area contributed by atoms with E-state index in [9.17, 15) is 9.18 Å². The normalized spacial score (nSPS) is 15.5. The largest absolute Gasteiger partial charge is 0.497 e. The minimum atomic E-state index is -0.613.